The lowest BCUT2D eigenvalue weighted by molar-refractivity contribution is -0.141. The fourth-order valence-electron chi connectivity index (χ4n) is 1.62. The third kappa shape index (κ3) is 3.28. The van der Waals surface area contributed by atoms with E-state index in [9.17, 15) is 4.79 Å². The Morgan fingerprint density at radius 1 is 1.55 bits per heavy atom. The predicted octanol–water partition coefficient (Wildman–Crippen LogP) is 1.17. The molecule has 0 aliphatic carbocycles. The Hall–Kier alpha value is -2.51. The first-order valence-electron chi connectivity index (χ1n) is 6.22. The fourth-order valence-corrected chi connectivity index (χ4v) is 1.62. The van der Waals surface area contributed by atoms with E-state index in [1.54, 1.807) is 19.9 Å². The summed E-state index contributed by atoms with van der Waals surface area (Å²) in [4.78, 5) is 19.6. The fraction of sp³-hybridized carbons (Fsp3) is 0.417. The third-order valence-electron chi connectivity index (χ3n) is 2.45. The van der Waals surface area contributed by atoms with Crippen molar-refractivity contribution < 1.29 is 9.53 Å². The zero-order valence-electron chi connectivity index (χ0n) is 11.6. The van der Waals surface area contributed by atoms with Crippen molar-refractivity contribution in [1.82, 2.24) is 19.6 Å². The normalized spacial score (nSPS) is 11.7. The van der Waals surface area contributed by atoms with Crippen molar-refractivity contribution in [3.8, 4) is 0 Å². The molecule has 0 aliphatic heterocycles. The molecule has 2 rings (SSSR count). The minimum absolute atomic E-state index is 0.144. The summed E-state index contributed by atoms with van der Waals surface area (Å²) in [6.07, 6.45) is 1.56. The van der Waals surface area contributed by atoms with Crippen LogP contribution in [0.25, 0.3) is 5.78 Å². The molecule has 0 spiro atoms. The number of nitrogens with one attached hydrogen (secondary N) is 1. The molecule has 1 N–H and O–H groups in total. The Labute approximate surface area is 115 Å². The van der Waals surface area contributed by atoms with Gasteiger partial charge in [-0.25, -0.2) is 4.98 Å². The first kappa shape index (κ1) is 13.9. The van der Waals surface area contributed by atoms with E-state index in [0.717, 1.165) is 5.69 Å². The zero-order chi connectivity index (χ0) is 14.5. The second-order valence-corrected chi connectivity index (χ2v) is 4.20. The van der Waals surface area contributed by atoms with Crippen molar-refractivity contribution in [2.45, 2.75) is 27.2 Å². The molecular formula is C12H16N6O2. The number of fused-ring (bicyclic) bond motifs is 1. The Morgan fingerprint density at radius 3 is 3.10 bits per heavy atom. The number of anilines is 1. The second kappa shape index (κ2) is 6.09. The Morgan fingerprint density at radius 2 is 2.35 bits per heavy atom. The number of hydrazone groups is 1. The van der Waals surface area contributed by atoms with E-state index in [1.165, 1.54) is 10.8 Å². The lowest BCUT2D eigenvalue weighted by Gasteiger charge is -2.05. The van der Waals surface area contributed by atoms with Crippen LogP contribution < -0.4 is 5.43 Å². The Bertz CT molecular complexity index is 648. The molecule has 8 nitrogen and oxygen atoms in total. The van der Waals surface area contributed by atoms with E-state index in [0.29, 0.717) is 23.9 Å². The van der Waals surface area contributed by atoms with Crippen LogP contribution in [-0.4, -0.2) is 37.9 Å². The molecule has 106 valence electrons. The van der Waals surface area contributed by atoms with Gasteiger partial charge in [0.2, 0.25) is 0 Å². The van der Waals surface area contributed by atoms with E-state index >= 15 is 0 Å². The summed E-state index contributed by atoms with van der Waals surface area (Å²) in [6.45, 7) is 5.73. The number of rotatable bonds is 5. The standard InChI is InChI=1S/C12H16N6O2/c1-4-20-11(19)6-9(3)16-17-10-5-8(2)15-12-13-7-14-18(10)12/h5,7,17H,4,6H2,1-3H3/b16-9+. The summed E-state index contributed by atoms with van der Waals surface area (Å²) in [5, 5.41) is 8.18. The molecule has 0 atom stereocenters. The molecule has 0 saturated carbocycles. The molecule has 0 amide bonds. The van der Waals surface area contributed by atoms with Crippen LogP contribution in [0.5, 0.6) is 0 Å². The number of aromatic nitrogens is 4. The number of esters is 1. The molecule has 20 heavy (non-hydrogen) atoms. The summed E-state index contributed by atoms with van der Waals surface area (Å²) in [7, 11) is 0. The number of aryl methyl sites for hydroxylation is 1. The van der Waals surface area contributed by atoms with Crippen LogP contribution in [0.15, 0.2) is 17.5 Å². The molecule has 2 aromatic rings. The average molecular weight is 276 g/mol. The van der Waals surface area contributed by atoms with Crippen LogP contribution in [0.3, 0.4) is 0 Å². The third-order valence-corrected chi connectivity index (χ3v) is 2.45. The van der Waals surface area contributed by atoms with Gasteiger partial charge in [-0.2, -0.15) is 19.7 Å². The van der Waals surface area contributed by atoms with Gasteiger partial charge in [0.15, 0.2) is 5.82 Å². The summed E-state index contributed by atoms with van der Waals surface area (Å²) >= 11 is 0. The molecule has 0 unspecified atom stereocenters. The lowest BCUT2D eigenvalue weighted by atomic mass is 10.3. The van der Waals surface area contributed by atoms with Gasteiger partial charge in [0, 0.05) is 17.5 Å². The van der Waals surface area contributed by atoms with Crippen molar-refractivity contribution >= 4 is 23.3 Å². The first-order chi connectivity index (χ1) is 9.60. The molecule has 2 aromatic heterocycles. The van der Waals surface area contributed by atoms with Gasteiger partial charge in [-0.05, 0) is 20.8 Å². The highest BCUT2D eigenvalue weighted by Crippen LogP contribution is 2.10. The SMILES string of the molecule is CCOC(=O)C/C(C)=N/Nc1cc(C)nc2ncnn12. The highest BCUT2D eigenvalue weighted by atomic mass is 16.5. The largest absolute Gasteiger partial charge is 0.466 e. The molecular weight excluding hydrogens is 260 g/mol. The minimum Gasteiger partial charge on any atom is -0.466 e. The van der Waals surface area contributed by atoms with Gasteiger partial charge < -0.3 is 4.74 Å². The Balaban J connectivity index is 2.12. The van der Waals surface area contributed by atoms with Crippen LogP contribution >= 0.6 is 0 Å². The van der Waals surface area contributed by atoms with Crippen LogP contribution in [-0.2, 0) is 9.53 Å². The number of carbonyl (C=O) groups excluding carboxylic acids is 1. The van der Waals surface area contributed by atoms with Gasteiger partial charge in [0.25, 0.3) is 5.78 Å². The smallest absolute Gasteiger partial charge is 0.311 e. The predicted molar refractivity (Wildman–Crippen MR) is 73.5 cm³/mol. The maximum atomic E-state index is 11.3. The highest BCUT2D eigenvalue weighted by molar-refractivity contribution is 5.97. The highest BCUT2D eigenvalue weighted by Gasteiger charge is 2.06. The van der Waals surface area contributed by atoms with Crippen molar-refractivity contribution in [3.63, 3.8) is 0 Å². The quantitative estimate of drug-likeness (QED) is 0.500. The number of carbonyl (C=O) groups is 1. The van der Waals surface area contributed by atoms with Crippen LogP contribution in [0.2, 0.25) is 0 Å². The van der Waals surface area contributed by atoms with Crippen molar-refractivity contribution in [2.75, 3.05) is 12.0 Å². The summed E-state index contributed by atoms with van der Waals surface area (Å²) in [5.74, 6) is 0.825. The van der Waals surface area contributed by atoms with E-state index < -0.39 is 0 Å². The van der Waals surface area contributed by atoms with Crippen LogP contribution in [0, 0.1) is 6.92 Å². The van der Waals surface area contributed by atoms with Gasteiger partial charge in [-0.15, -0.1) is 0 Å². The summed E-state index contributed by atoms with van der Waals surface area (Å²) in [5.41, 5.74) is 4.28. The maximum absolute atomic E-state index is 11.3. The van der Waals surface area contributed by atoms with Gasteiger partial charge in [0.05, 0.1) is 13.0 Å². The molecule has 0 radical (unpaired) electrons. The number of ether oxygens (including phenoxy) is 1. The van der Waals surface area contributed by atoms with Crippen molar-refractivity contribution in [3.05, 3.63) is 18.1 Å². The van der Waals surface area contributed by atoms with Gasteiger partial charge >= 0.3 is 5.97 Å². The molecule has 0 aromatic carbocycles. The number of hydrogen-bond acceptors (Lipinski definition) is 7. The number of hydrogen-bond donors (Lipinski definition) is 1. The summed E-state index contributed by atoms with van der Waals surface area (Å²) < 4.78 is 6.39. The zero-order valence-corrected chi connectivity index (χ0v) is 11.6. The van der Waals surface area contributed by atoms with Crippen molar-refractivity contribution in [2.24, 2.45) is 5.10 Å². The monoisotopic (exact) mass is 276 g/mol. The van der Waals surface area contributed by atoms with Gasteiger partial charge in [-0.1, -0.05) is 0 Å². The van der Waals surface area contributed by atoms with Gasteiger partial charge in [0.1, 0.15) is 6.33 Å². The average Bonchev–Trinajstić information content (AvgIpc) is 2.84. The summed E-state index contributed by atoms with van der Waals surface area (Å²) in [6, 6.07) is 1.79. The molecule has 0 bridgehead atoms. The first-order valence-corrected chi connectivity index (χ1v) is 6.22. The Kier molecular flexibility index (Phi) is 4.24. The van der Waals surface area contributed by atoms with Crippen molar-refractivity contribution in [1.29, 1.82) is 0 Å². The number of nitrogens with zero attached hydrogens (tertiary/aromatic N) is 5. The van der Waals surface area contributed by atoms with Crippen LogP contribution in [0.1, 0.15) is 26.0 Å². The lowest BCUT2D eigenvalue weighted by Crippen LogP contribution is -2.11. The van der Waals surface area contributed by atoms with Gasteiger partial charge in [-0.3, -0.25) is 10.2 Å². The van der Waals surface area contributed by atoms with E-state index in [4.69, 9.17) is 4.74 Å². The molecule has 2 heterocycles. The van der Waals surface area contributed by atoms with E-state index in [1.807, 2.05) is 6.92 Å². The van der Waals surface area contributed by atoms with Crippen LogP contribution in [0.4, 0.5) is 5.82 Å². The molecule has 8 heteroatoms. The van der Waals surface area contributed by atoms with E-state index in [-0.39, 0.29) is 12.4 Å². The van der Waals surface area contributed by atoms with E-state index in [2.05, 4.69) is 25.6 Å². The second-order valence-electron chi connectivity index (χ2n) is 4.20. The topological polar surface area (TPSA) is 93.8 Å². The maximum Gasteiger partial charge on any atom is 0.311 e. The minimum atomic E-state index is -0.299. The molecule has 0 saturated heterocycles. The molecule has 0 fully saturated rings. The molecule has 0 aliphatic rings.